The third kappa shape index (κ3) is 11.9. The number of allylic oxidation sites excluding steroid dienone is 4. The van der Waals surface area contributed by atoms with Crippen LogP contribution in [0.25, 0.3) is 0 Å². The van der Waals surface area contributed by atoms with Gasteiger partial charge in [0.15, 0.2) is 6.29 Å². The molecule has 0 aromatic heterocycles. The summed E-state index contributed by atoms with van der Waals surface area (Å²) in [5.41, 5.74) is 5.35. The molecule has 0 radical (unpaired) electrons. The Balaban J connectivity index is 2.16. The van der Waals surface area contributed by atoms with E-state index in [4.69, 9.17) is 15.2 Å². The predicted octanol–water partition coefficient (Wildman–Crippen LogP) is 2.27. The molecule has 0 aliphatic heterocycles. The lowest BCUT2D eigenvalue weighted by molar-refractivity contribution is -0.156. The second kappa shape index (κ2) is 12.7. The number of aliphatic hydroxyl groups excluding tert-OH is 1. The van der Waals surface area contributed by atoms with Gasteiger partial charge in [0.05, 0.1) is 6.61 Å². The molecule has 0 amide bonds. The van der Waals surface area contributed by atoms with Gasteiger partial charge in [0.25, 0.3) is 0 Å². The van der Waals surface area contributed by atoms with Gasteiger partial charge in [-0.2, -0.15) is 0 Å². The third-order valence-corrected chi connectivity index (χ3v) is 4.07. The van der Waals surface area contributed by atoms with Gasteiger partial charge in [0, 0.05) is 18.4 Å². The van der Waals surface area contributed by atoms with Crippen LogP contribution in [0.1, 0.15) is 53.4 Å². The van der Waals surface area contributed by atoms with Crippen molar-refractivity contribution in [1.29, 1.82) is 0 Å². The van der Waals surface area contributed by atoms with Gasteiger partial charge in [-0.05, 0) is 59.6 Å². The molecule has 158 valence electrons. The van der Waals surface area contributed by atoms with Crippen LogP contribution >= 0.6 is 0 Å². The Morgan fingerprint density at radius 2 is 2.14 bits per heavy atom. The molecule has 0 saturated heterocycles. The molecule has 28 heavy (non-hydrogen) atoms. The summed E-state index contributed by atoms with van der Waals surface area (Å²) in [6.45, 7) is 8.58. The quantitative estimate of drug-likeness (QED) is 0.216. The average Bonchev–Trinajstić information content (AvgIpc) is 2.56. The van der Waals surface area contributed by atoms with E-state index >= 15 is 0 Å². The Morgan fingerprint density at radius 3 is 2.86 bits per heavy atom. The number of esters is 1. The summed E-state index contributed by atoms with van der Waals surface area (Å²) in [7, 11) is 0. The number of rotatable bonds is 11. The number of hydrogen-bond donors (Lipinski definition) is 3. The number of aliphatic hydroxyl groups is 1. The number of hydrogen-bond acceptors (Lipinski definition) is 6. The largest absolute Gasteiger partial charge is 0.459 e. The summed E-state index contributed by atoms with van der Waals surface area (Å²) < 4.78 is 10.8. The fraction of sp³-hybridized carbons (Fsp3) is 0.682. The van der Waals surface area contributed by atoms with Gasteiger partial charge in [-0.25, -0.2) is 0 Å². The molecule has 0 aromatic rings. The number of nitrogens with two attached hydrogens (primary N) is 1. The monoisotopic (exact) mass is 392 g/mol. The lowest BCUT2D eigenvalue weighted by atomic mass is 10.1. The first-order chi connectivity index (χ1) is 13.2. The van der Waals surface area contributed by atoms with E-state index in [0.29, 0.717) is 26.0 Å². The van der Waals surface area contributed by atoms with E-state index in [1.165, 1.54) is 0 Å². The first-order valence-electron chi connectivity index (χ1n) is 10.0. The van der Waals surface area contributed by atoms with E-state index in [-0.39, 0.29) is 17.9 Å². The second-order valence-electron chi connectivity index (χ2n) is 8.17. The number of ether oxygens (including phenoxy) is 2. The zero-order valence-electron chi connectivity index (χ0n) is 17.6. The highest BCUT2D eigenvalue weighted by Gasteiger charge is 2.21. The van der Waals surface area contributed by atoms with Crippen molar-refractivity contribution in [3.63, 3.8) is 0 Å². The highest BCUT2D eigenvalue weighted by molar-refractivity contribution is 5.75. The van der Waals surface area contributed by atoms with Gasteiger partial charge < -0.3 is 25.6 Å². The van der Waals surface area contributed by atoms with Crippen LogP contribution in [-0.2, 0) is 14.3 Å². The molecule has 0 spiro atoms. The van der Waals surface area contributed by atoms with Crippen LogP contribution in [0.15, 0.2) is 24.3 Å². The van der Waals surface area contributed by atoms with E-state index in [9.17, 15) is 9.90 Å². The van der Waals surface area contributed by atoms with Crippen molar-refractivity contribution >= 4 is 5.97 Å². The van der Waals surface area contributed by atoms with E-state index in [1.807, 2.05) is 39.8 Å². The van der Waals surface area contributed by atoms with Crippen molar-refractivity contribution in [2.24, 2.45) is 11.7 Å². The van der Waals surface area contributed by atoms with Crippen molar-refractivity contribution in [3.8, 4) is 11.8 Å². The Kier molecular flexibility index (Phi) is 11.1. The van der Waals surface area contributed by atoms with Gasteiger partial charge in [-0.1, -0.05) is 30.1 Å². The Hall–Kier alpha value is -1.65. The van der Waals surface area contributed by atoms with Crippen molar-refractivity contribution in [2.45, 2.75) is 77.4 Å². The van der Waals surface area contributed by atoms with E-state index in [0.717, 1.165) is 12.8 Å². The molecule has 0 aromatic carbocycles. The summed E-state index contributed by atoms with van der Waals surface area (Å²) in [5.74, 6) is 5.81. The molecule has 0 heterocycles. The fourth-order valence-corrected chi connectivity index (χ4v) is 2.61. The molecule has 6 nitrogen and oxygen atoms in total. The molecule has 4 N–H and O–H groups in total. The van der Waals surface area contributed by atoms with Crippen LogP contribution in [-0.4, -0.2) is 48.2 Å². The fourth-order valence-electron chi connectivity index (χ4n) is 2.61. The Labute approximate surface area is 169 Å². The van der Waals surface area contributed by atoms with Gasteiger partial charge >= 0.3 is 5.97 Å². The average molecular weight is 393 g/mol. The first-order valence-corrected chi connectivity index (χ1v) is 10.0. The molecule has 4 atom stereocenters. The molecule has 1 rings (SSSR count). The number of nitrogens with one attached hydrogen (secondary N) is 1. The minimum absolute atomic E-state index is 0.0824. The molecule has 0 fully saturated rings. The first kappa shape index (κ1) is 24.4. The number of carbonyl (C=O) groups is 1. The predicted molar refractivity (Wildman–Crippen MR) is 111 cm³/mol. The highest BCUT2D eigenvalue weighted by Crippen LogP contribution is 2.10. The maximum absolute atomic E-state index is 11.8. The van der Waals surface area contributed by atoms with Crippen molar-refractivity contribution in [2.75, 3.05) is 13.2 Å². The SMILES string of the molecule is C[C@@H](CC(O)OCC1C#C/C=C\C=C/C1)NCCC[C@H](N)C(=O)OC(C)(C)C. The molecule has 1 aliphatic rings. The summed E-state index contributed by atoms with van der Waals surface area (Å²) >= 11 is 0. The van der Waals surface area contributed by atoms with Crippen LogP contribution in [0.5, 0.6) is 0 Å². The zero-order valence-corrected chi connectivity index (χ0v) is 17.6. The molecule has 2 unspecified atom stereocenters. The van der Waals surface area contributed by atoms with Crippen LogP contribution in [0.4, 0.5) is 0 Å². The molecular formula is C22H36N2O4. The smallest absolute Gasteiger partial charge is 0.323 e. The standard InChI is InChI=1S/C22H36N2O4/c1-17(24-14-10-13-19(23)21(26)28-22(2,3)4)15-20(25)27-16-18-11-8-6-5-7-9-12-18/h5-8,17-20,24-25H,10-11,13-16,23H2,1-4H3/b7-5-,8-6-/t17-,18?,19-,20?/m0/s1. The molecular weight excluding hydrogens is 356 g/mol. The Bertz CT molecular complexity index is 584. The van der Waals surface area contributed by atoms with E-state index in [1.54, 1.807) is 6.08 Å². The van der Waals surface area contributed by atoms with Gasteiger partial charge in [0.1, 0.15) is 11.6 Å². The lowest BCUT2D eigenvalue weighted by Gasteiger charge is -2.22. The molecule has 0 saturated carbocycles. The maximum Gasteiger partial charge on any atom is 0.323 e. The number of carbonyl (C=O) groups excluding carboxylic acids is 1. The van der Waals surface area contributed by atoms with Crippen molar-refractivity contribution in [3.05, 3.63) is 24.3 Å². The van der Waals surface area contributed by atoms with Crippen LogP contribution in [0.2, 0.25) is 0 Å². The lowest BCUT2D eigenvalue weighted by Crippen LogP contribution is -2.38. The summed E-state index contributed by atoms with van der Waals surface area (Å²) in [6.07, 6.45) is 9.50. The van der Waals surface area contributed by atoms with Gasteiger partial charge in [-0.15, -0.1) is 0 Å². The zero-order chi connectivity index (χ0) is 21.0. The van der Waals surface area contributed by atoms with Crippen LogP contribution in [0, 0.1) is 17.8 Å². The normalized spacial score (nSPS) is 22.0. The molecule has 1 aliphatic carbocycles. The maximum atomic E-state index is 11.8. The van der Waals surface area contributed by atoms with Gasteiger partial charge in [0.2, 0.25) is 0 Å². The van der Waals surface area contributed by atoms with Gasteiger partial charge in [-0.3, -0.25) is 4.79 Å². The third-order valence-electron chi connectivity index (χ3n) is 4.07. The minimum Gasteiger partial charge on any atom is -0.459 e. The Morgan fingerprint density at radius 1 is 1.39 bits per heavy atom. The molecule has 0 bridgehead atoms. The van der Waals surface area contributed by atoms with E-state index in [2.05, 4.69) is 23.2 Å². The van der Waals surface area contributed by atoms with Crippen molar-refractivity contribution in [1.82, 2.24) is 5.32 Å². The highest BCUT2D eigenvalue weighted by atomic mass is 16.6. The minimum atomic E-state index is -0.835. The summed E-state index contributed by atoms with van der Waals surface area (Å²) in [6, 6.07) is -0.530. The molecule has 6 heteroatoms. The van der Waals surface area contributed by atoms with E-state index < -0.39 is 17.9 Å². The van der Waals surface area contributed by atoms with Crippen LogP contribution < -0.4 is 11.1 Å². The van der Waals surface area contributed by atoms with Crippen molar-refractivity contribution < 1.29 is 19.4 Å². The summed E-state index contributed by atoms with van der Waals surface area (Å²) in [4.78, 5) is 11.8. The summed E-state index contributed by atoms with van der Waals surface area (Å²) in [5, 5.41) is 13.4. The van der Waals surface area contributed by atoms with Crippen LogP contribution in [0.3, 0.4) is 0 Å². The topological polar surface area (TPSA) is 93.8 Å². The second-order valence-corrected chi connectivity index (χ2v) is 8.17.